The third kappa shape index (κ3) is 8.24. The van der Waals surface area contributed by atoms with Crippen molar-refractivity contribution < 1.29 is 0 Å². The second kappa shape index (κ2) is 22.0. The van der Waals surface area contributed by atoms with Crippen molar-refractivity contribution in [1.29, 1.82) is 5.26 Å². The predicted molar refractivity (Wildman–Crippen MR) is 410 cm³/mol. The molecule has 11 aromatic carbocycles. The number of nitriles is 1. The number of hydrogen-bond acceptors (Lipinski definition) is 5. The van der Waals surface area contributed by atoms with Crippen molar-refractivity contribution in [3.63, 3.8) is 0 Å². The Bertz CT molecular complexity index is 6320. The first-order chi connectivity index (χ1) is 49.4. The van der Waals surface area contributed by atoms with Gasteiger partial charge in [0, 0.05) is 103 Å². The summed E-state index contributed by atoms with van der Waals surface area (Å²) in [5, 5.41) is 24.4. The number of hydrogen-bond donors (Lipinski definition) is 0. The first-order valence-corrected chi connectivity index (χ1v) is 33.8. The smallest absolute Gasteiger partial charge is 0.105 e. The van der Waals surface area contributed by atoms with Crippen molar-refractivity contribution in [3.05, 3.63) is 321 Å². The van der Waals surface area contributed by atoms with Crippen LogP contribution in [0.3, 0.4) is 0 Å². The van der Waals surface area contributed by atoms with E-state index in [0.717, 1.165) is 199 Å². The number of fused-ring (bicyclic) bond motifs is 15. The fraction of sp³-hybridized carbons (Fsp3) is 0.0333. The Hall–Kier alpha value is -13.5. The van der Waals surface area contributed by atoms with Crippen molar-refractivity contribution in [2.24, 2.45) is 0 Å². The maximum absolute atomic E-state index is 13.7. The number of aryl methyl sites for hydroxylation is 3. The average Bonchev–Trinajstić information content (AvgIpc) is 1.49. The van der Waals surface area contributed by atoms with E-state index in [0.29, 0.717) is 5.56 Å². The van der Waals surface area contributed by atoms with Gasteiger partial charge < -0.3 is 22.8 Å². The topological polar surface area (TPSA) is 100 Å². The number of pyridine rings is 4. The molecular formula is C90H58N10. The highest BCUT2D eigenvalue weighted by molar-refractivity contribution is 6.20. The molecule has 9 heterocycles. The van der Waals surface area contributed by atoms with E-state index in [9.17, 15) is 5.26 Å². The Kier molecular flexibility index (Phi) is 12.5. The number of aromatic nitrogens is 9. The zero-order valence-electron chi connectivity index (χ0n) is 54.8. The van der Waals surface area contributed by atoms with E-state index in [-0.39, 0.29) is 0 Å². The minimum Gasteiger partial charge on any atom is -0.306 e. The zero-order valence-corrected chi connectivity index (χ0v) is 54.8. The van der Waals surface area contributed by atoms with Gasteiger partial charge in [0.05, 0.1) is 83.6 Å². The summed E-state index contributed by atoms with van der Waals surface area (Å²) in [6, 6.07) is 93.9. The van der Waals surface area contributed by atoms with Gasteiger partial charge in [-0.1, -0.05) is 133 Å². The van der Waals surface area contributed by atoms with Crippen LogP contribution in [-0.4, -0.2) is 42.8 Å². The largest absolute Gasteiger partial charge is 0.306 e. The molecule has 10 nitrogen and oxygen atoms in total. The quantitative estimate of drug-likeness (QED) is 0.143. The van der Waals surface area contributed by atoms with Crippen LogP contribution in [0.1, 0.15) is 22.3 Å². The molecule has 20 rings (SSSR count). The molecule has 9 aromatic heterocycles. The molecule has 10 heteroatoms. The molecular weight excluding hydrogens is 1220 g/mol. The van der Waals surface area contributed by atoms with Gasteiger partial charge in [-0.15, -0.1) is 0 Å². The monoisotopic (exact) mass is 1280 g/mol. The van der Waals surface area contributed by atoms with Crippen molar-refractivity contribution >= 4 is 109 Å². The first-order valence-electron chi connectivity index (χ1n) is 33.8. The number of rotatable bonds is 9. The van der Waals surface area contributed by atoms with E-state index >= 15 is 0 Å². The Labute approximate surface area is 574 Å². The van der Waals surface area contributed by atoms with Gasteiger partial charge in [-0.3, -0.25) is 19.9 Å². The van der Waals surface area contributed by atoms with Crippen LogP contribution >= 0.6 is 0 Å². The van der Waals surface area contributed by atoms with E-state index in [4.69, 9.17) is 0 Å². The van der Waals surface area contributed by atoms with Crippen LogP contribution in [0.5, 0.6) is 0 Å². The van der Waals surface area contributed by atoms with Crippen LogP contribution in [0.15, 0.2) is 298 Å². The van der Waals surface area contributed by atoms with Gasteiger partial charge in [-0.05, 0) is 197 Å². The maximum Gasteiger partial charge on any atom is 0.105 e. The third-order valence-corrected chi connectivity index (χ3v) is 20.9. The molecule has 0 saturated carbocycles. The van der Waals surface area contributed by atoms with Crippen LogP contribution in [0.25, 0.3) is 182 Å². The minimum absolute atomic E-state index is 0.483. The molecule has 0 bridgehead atoms. The van der Waals surface area contributed by atoms with Gasteiger partial charge in [0.15, 0.2) is 0 Å². The van der Waals surface area contributed by atoms with Gasteiger partial charge >= 0.3 is 0 Å². The highest BCUT2D eigenvalue weighted by Gasteiger charge is 2.37. The molecule has 0 aliphatic rings. The molecule has 100 heavy (non-hydrogen) atoms. The Morgan fingerprint density at radius 2 is 0.480 bits per heavy atom. The standard InChI is InChI=1S/C90H58N10/c1-54-13-10-19-68-65-16-4-7-22-76(65)98(83(54)68)86-75(53-91)87(99-77-23-8-5-17-66(77)69-20-11-14-55(2)84(69)99)89(97-81-31-27-63(59-37-45-94-46-38-59)51-73(81)74-52-64(28-32-82(74)97)60-39-47-95-48-40-60)90(100-78-24-9-6-18-67(78)70-21-12-15-56(3)85(70)100)88(86)96-79-29-25-61(57-33-41-92-42-34-57)49-71(79)72-50-62(26-30-80(72)96)58-35-43-93-44-36-58/h4-52H,1-3H3. The second-order valence-corrected chi connectivity index (χ2v) is 26.2. The summed E-state index contributed by atoms with van der Waals surface area (Å²) in [5.41, 5.74) is 25.9. The van der Waals surface area contributed by atoms with Crippen LogP contribution < -0.4 is 0 Å². The maximum atomic E-state index is 13.7. The summed E-state index contributed by atoms with van der Waals surface area (Å²) in [4.78, 5) is 17.9. The molecule has 0 N–H and O–H groups in total. The van der Waals surface area contributed by atoms with Crippen LogP contribution in [0.4, 0.5) is 0 Å². The van der Waals surface area contributed by atoms with Gasteiger partial charge in [-0.25, -0.2) is 0 Å². The normalized spacial score (nSPS) is 11.9. The fourth-order valence-corrected chi connectivity index (χ4v) is 16.6. The number of para-hydroxylation sites is 6. The third-order valence-electron chi connectivity index (χ3n) is 20.9. The first kappa shape index (κ1) is 56.8. The van der Waals surface area contributed by atoms with Crippen molar-refractivity contribution in [2.45, 2.75) is 20.8 Å². The highest BCUT2D eigenvalue weighted by atomic mass is 15.2. The van der Waals surface area contributed by atoms with E-state index in [1.54, 1.807) is 0 Å². The van der Waals surface area contributed by atoms with Crippen molar-refractivity contribution in [3.8, 4) is 79.0 Å². The number of nitrogens with zero attached hydrogens (tertiary/aromatic N) is 10. The summed E-state index contributed by atoms with van der Waals surface area (Å²) in [6.07, 6.45) is 14.9. The van der Waals surface area contributed by atoms with E-state index < -0.39 is 0 Å². The molecule has 0 saturated heterocycles. The van der Waals surface area contributed by atoms with E-state index in [2.05, 4.69) is 318 Å². The van der Waals surface area contributed by atoms with E-state index in [1.807, 2.05) is 49.6 Å². The van der Waals surface area contributed by atoms with Gasteiger partial charge in [0.2, 0.25) is 0 Å². The molecule has 0 radical (unpaired) electrons. The molecule has 0 fully saturated rings. The lowest BCUT2D eigenvalue weighted by molar-refractivity contribution is 0.989. The summed E-state index contributed by atoms with van der Waals surface area (Å²) in [6.45, 7) is 6.68. The Morgan fingerprint density at radius 1 is 0.230 bits per heavy atom. The van der Waals surface area contributed by atoms with Crippen molar-refractivity contribution in [2.75, 3.05) is 0 Å². The highest BCUT2D eigenvalue weighted by Crippen LogP contribution is 2.53. The lowest BCUT2D eigenvalue weighted by Crippen LogP contribution is -2.19. The lowest BCUT2D eigenvalue weighted by Gasteiger charge is -2.30. The molecule has 0 aliphatic heterocycles. The molecule has 0 spiro atoms. The van der Waals surface area contributed by atoms with Gasteiger partial charge in [0.25, 0.3) is 0 Å². The summed E-state index contributed by atoms with van der Waals surface area (Å²) >= 11 is 0. The summed E-state index contributed by atoms with van der Waals surface area (Å²) in [7, 11) is 0. The molecule has 20 aromatic rings. The van der Waals surface area contributed by atoms with Gasteiger partial charge in [-0.2, -0.15) is 5.26 Å². The number of benzene rings is 11. The molecule has 468 valence electrons. The Balaban J connectivity index is 1.12. The molecule has 0 aliphatic carbocycles. The lowest BCUT2D eigenvalue weighted by atomic mass is 10.00. The summed E-state index contributed by atoms with van der Waals surface area (Å²) < 4.78 is 12.5. The van der Waals surface area contributed by atoms with Crippen molar-refractivity contribution in [1.82, 2.24) is 42.8 Å². The van der Waals surface area contributed by atoms with Gasteiger partial charge in [0.1, 0.15) is 11.6 Å². The molecule has 0 atom stereocenters. The fourth-order valence-electron chi connectivity index (χ4n) is 16.6. The van der Waals surface area contributed by atoms with E-state index in [1.165, 1.54) is 0 Å². The molecule has 0 amide bonds. The predicted octanol–water partition coefficient (Wildman–Crippen LogP) is 22.2. The average molecular weight is 1280 g/mol. The molecule has 0 unspecified atom stereocenters. The minimum atomic E-state index is 0.483. The van der Waals surface area contributed by atoms with Crippen LogP contribution in [0, 0.1) is 32.1 Å². The Morgan fingerprint density at radius 3 is 0.770 bits per heavy atom. The second-order valence-electron chi connectivity index (χ2n) is 26.2. The summed E-state index contributed by atoms with van der Waals surface area (Å²) in [5.74, 6) is 0. The SMILES string of the molecule is Cc1cccc2c3ccccc3n(-c3c(C#N)c(-n4c5ccccc5c5cccc(C)c54)c(-n4c5ccc(-c6ccncc6)cc5c5cc(-c6ccncc6)ccc54)c(-n4c5ccccc5c5cccc(C)c54)c3-n3c4ccc(-c5ccncc5)cc4c4cc(-c5ccncc5)ccc43)c12. The zero-order chi connectivity index (χ0) is 66.4. The van der Waals surface area contributed by atoms with Crippen LogP contribution in [-0.2, 0) is 0 Å². The van der Waals surface area contributed by atoms with Crippen LogP contribution in [0.2, 0.25) is 0 Å².